The Labute approximate surface area is 174 Å². The van der Waals surface area contributed by atoms with Crippen molar-refractivity contribution in [1.29, 1.82) is 0 Å². The van der Waals surface area contributed by atoms with Gasteiger partial charge in [-0.1, -0.05) is 19.3 Å². The lowest BCUT2D eigenvalue weighted by molar-refractivity contribution is -0.135. The fourth-order valence-corrected chi connectivity index (χ4v) is 4.15. The van der Waals surface area contributed by atoms with Crippen molar-refractivity contribution in [3.63, 3.8) is 0 Å². The summed E-state index contributed by atoms with van der Waals surface area (Å²) in [5.74, 6) is 2.02. The molecule has 7 heteroatoms. The second kappa shape index (κ2) is 11.0. The number of hydrogen-bond donors (Lipinski definition) is 2. The first kappa shape index (κ1) is 21.4. The molecule has 1 atom stereocenters. The third-order valence-corrected chi connectivity index (χ3v) is 5.65. The van der Waals surface area contributed by atoms with Crippen LogP contribution >= 0.6 is 0 Å². The average Bonchev–Trinajstić information content (AvgIpc) is 3.21. The molecule has 1 saturated heterocycles. The zero-order valence-electron chi connectivity index (χ0n) is 17.8. The van der Waals surface area contributed by atoms with Crippen LogP contribution in [0.3, 0.4) is 0 Å². The number of rotatable bonds is 7. The van der Waals surface area contributed by atoms with Gasteiger partial charge in [0.1, 0.15) is 0 Å². The number of hydrogen-bond acceptors (Lipinski definition) is 4. The van der Waals surface area contributed by atoms with Crippen molar-refractivity contribution in [2.45, 2.75) is 65.0 Å². The molecule has 29 heavy (non-hydrogen) atoms. The highest BCUT2D eigenvalue weighted by Gasteiger charge is 2.31. The highest BCUT2D eigenvalue weighted by Crippen LogP contribution is 2.26. The predicted octanol–water partition coefficient (Wildman–Crippen LogP) is 2.72. The van der Waals surface area contributed by atoms with E-state index in [0.29, 0.717) is 24.9 Å². The summed E-state index contributed by atoms with van der Waals surface area (Å²) in [6.45, 7) is 7.56. The Morgan fingerprint density at radius 1 is 1.28 bits per heavy atom. The summed E-state index contributed by atoms with van der Waals surface area (Å²) in [5, 5.41) is 6.83. The van der Waals surface area contributed by atoms with Gasteiger partial charge in [-0.3, -0.25) is 4.79 Å². The summed E-state index contributed by atoms with van der Waals surface area (Å²) in [4.78, 5) is 23.8. The molecule has 1 unspecified atom stereocenters. The molecule has 1 aromatic heterocycles. The number of nitrogens with zero attached hydrogens (tertiary/aromatic N) is 3. The van der Waals surface area contributed by atoms with Gasteiger partial charge in [-0.05, 0) is 44.7 Å². The standard InChI is InChI=1S/C22H35N5O2/c1-3-23-22(25-15-17-10-12-24-20(14-17)29-4-2)26-19-11-13-27(16-19)21(28)18-8-6-5-7-9-18/h10,12,14,18-19H,3-9,11,13,15-16H2,1-2H3,(H2,23,25,26). The van der Waals surface area contributed by atoms with E-state index in [4.69, 9.17) is 9.73 Å². The summed E-state index contributed by atoms with van der Waals surface area (Å²) < 4.78 is 5.46. The van der Waals surface area contributed by atoms with Crippen molar-refractivity contribution in [3.8, 4) is 5.88 Å². The van der Waals surface area contributed by atoms with Crippen LogP contribution in [0.1, 0.15) is 57.9 Å². The van der Waals surface area contributed by atoms with Crippen molar-refractivity contribution in [2.75, 3.05) is 26.2 Å². The van der Waals surface area contributed by atoms with Gasteiger partial charge in [0.25, 0.3) is 0 Å². The minimum atomic E-state index is 0.246. The molecule has 0 aromatic carbocycles. The van der Waals surface area contributed by atoms with Gasteiger partial charge in [-0.15, -0.1) is 0 Å². The lowest BCUT2D eigenvalue weighted by Crippen LogP contribution is -2.45. The van der Waals surface area contributed by atoms with Crippen LogP contribution in [0.15, 0.2) is 23.3 Å². The van der Waals surface area contributed by atoms with Crippen molar-refractivity contribution in [2.24, 2.45) is 10.9 Å². The monoisotopic (exact) mass is 401 g/mol. The Hall–Kier alpha value is -2.31. The van der Waals surface area contributed by atoms with Gasteiger partial charge in [-0.2, -0.15) is 0 Å². The Kier molecular flexibility index (Phi) is 8.14. The topological polar surface area (TPSA) is 78.9 Å². The SMILES string of the molecule is CCNC(=NCc1ccnc(OCC)c1)NC1CCN(C(=O)C2CCCCC2)C1. The van der Waals surface area contributed by atoms with Crippen LogP contribution in [-0.2, 0) is 11.3 Å². The molecular weight excluding hydrogens is 366 g/mol. The summed E-state index contributed by atoms with van der Waals surface area (Å²) in [6.07, 6.45) is 8.52. The molecule has 1 amide bonds. The molecule has 2 heterocycles. The van der Waals surface area contributed by atoms with Crippen molar-refractivity contribution < 1.29 is 9.53 Å². The molecule has 7 nitrogen and oxygen atoms in total. The molecule has 3 rings (SSSR count). The molecule has 1 aromatic rings. The highest BCUT2D eigenvalue weighted by molar-refractivity contribution is 5.81. The van der Waals surface area contributed by atoms with Crippen molar-refractivity contribution in [3.05, 3.63) is 23.9 Å². The van der Waals surface area contributed by atoms with Crippen LogP contribution in [0, 0.1) is 5.92 Å². The maximum absolute atomic E-state index is 12.8. The molecule has 0 bridgehead atoms. The zero-order chi connectivity index (χ0) is 20.5. The van der Waals surface area contributed by atoms with E-state index in [-0.39, 0.29) is 12.0 Å². The van der Waals surface area contributed by atoms with Gasteiger partial charge < -0.3 is 20.3 Å². The first-order valence-electron chi connectivity index (χ1n) is 11.1. The fourth-order valence-electron chi connectivity index (χ4n) is 4.15. The van der Waals surface area contributed by atoms with E-state index in [1.54, 1.807) is 6.20 Å². The summed E-state index contributed by atoms with van der Waals surface area (Å²) in [7, 11) is 0. The molecular formula is C22H35N5O2. The number of aliphatic imine (C=N–C) groups is 1. The summed E-state index contributed by atoms with van der Waals surface area (Å²) in [6, 6.07) is 4.13. The molecule has 1 aliphatic carbocycles. The van der Waals surface area contributed by atoms with Crippen molar-refractivity contribution >= 4 is 11.9 Å². The lowest BCUT2D eigenvalue weighted by atomic mass is 9.88. The molecule has 2 N–H and O–H groups in total. The van der Waals surface area contributed by atoms with Crippen LogP contribution in [0.5, 0.6) is 5.88 Å². The van der Waals surface area contributed by atoms with Crippen LogP contribution in [0.4, 0.5) is 0 Å². The first-order chi connectivity index (χ1) is 14.2. The fraction of sp³-hybridized carbons (Fsp3) is 0.682. The average molecular weight is 402 g/mol. The third kappa shape index (κ3) is 6.34. The molecule has 1 saturated carbocycles. The normalized spacial score (nSPS) is 20.6. The van der Waals surface area contributed by atoms with E-state index >= 15 is 0 Å². The first-order valence-corrected chi connectivity index (χ1v) is 11.1. The number of nitrogens with one attached hydrogen (secondary N) is 2. The Morgan fingerprint density at radius 2 is 2.10 bits per heavy atom. The second-order valence-electron chi connectivity index (χ2n) is 7.88. The zero-order valence-corrected chi connectivity index (χ0v) is 17.8. The molecule has 2 fully saturated rings. The number of guanidine groups is 1. The number of ether oxygens (including phenoxy) is 1. The van der Waals surface area contributed by atoms with Gasteiger partial charge in [0.15, 0.2) is 5.96 Å². The molecule has 1 aliphatic heterocycles. The number of aromatic nitrogens is 1. The molecule has 2 aliphatic rings. The van der Waals surface area contributed by atoms with E-state index in [1.807, 2.05) is 19.1 Å². The highest BCUT2D eigenvalue weighted by atomic mass is 16.5. The summed E-state index contributed by atoms with van der Waals surface area (Å²) >= 11 is 0. The number of carbonyl (C=O) groups is 1. The Balaban J connectivity index is 1.54. The van der Waals surface area contributed by atoms with Crippen molar-refractivity contribution in [1.82, 2.24) is 20.5 Å². The van der Waals surface area contributed by atoms with E-state index < -0.39 is 0 Å². The van der Waals surface area contributed by atoms with Gasteiger partial charge in [0.2, 0.25) is 11.8 Å². The van der Waals surface area contributed by atoms with Crippen LogP contribution < -0.4 is 15.4 Å². The second-order valence-corrected chi connectivity index (χ2v) is 7.88. The lowest BCUT2D eigenvalue weighted by Gasteiger charge is -2.26. The molecule has 0 radical (unpaired) electrons. The minimum Gasteiger partial charge on any atom is -0.478 e. The van der Waals surface area contributed by atoms with E-state index in [9.17, 15) is 4.79 Å². The predicted molar refractivity (Wildman–Crippen MR) is 115 cm³/mol. The van der Waals surface area contributed by atoms with Crippen LogP contribution in [0.25, 0.3) is 0 Å². The van der Waals surface area contributed by atoms with Crippen LogP contribution in [0.2, 0.25) is 0 Å². The number of likely N-dealkylation sites (tertiary alicyclic amines) is 1. The number of amides is 1. The van der Waals surface area contributed by atoms with E-state index in [0.717, 1.165) is 50.4 Å². The minimum absolute atomic E-state index is 0.246. The largest absolute Gasteiger partial charge is 0.478 e. The third-order valence-electron chi connectivity index (χ3n) is 5.65. The maximum Gasteiger partial charge on any atom is 0.225 e. The smallest absolute Gasteiger partial charge is 0.225 e. The van der Waals surface area contributed by atoms with E-state index in [1.165, 1.54) is 19.3 Å². The Bertz CT molecular complexity index is 688. The van der Waals surface area contributed by atoms with Crippen LogP contribution in [-0.4, -0.2) is 54.0 Å². The molecule has 0 spiro atoms. The van der Waals surface area contributed by atoms with Gasteiger partial charge in [0, 0.05) is 43.9 Å². The van der Waals surface area contributed by atoms with Gasteiger partial charge in [0.05, 0.1) is 13.2 Å². The molecule has 160 valence electrons. The number of carbonyl (C=O) groups excluding carboxylic acids is 1. The van der Waals surface area contributed by atoms with Gasteiger partial charge in [-0.25, -0.2) is 9.98 Å². The quantitative estimate of drug-likeness (QED) is 0.543. The maximum atomic E-state index is 12.8. The number of pyridine rings is 1. The van der Waals surface area contributed by atoms with E-state index in [2.05, 4.69) is 27.4 Å². The Morgan fingerprint density at radius 3 is 2.86 bits per heavy atom. The summed E-state index contributed by atoms with van der Waals surface area (Å²) in [5.41, 5.74) is 1.06. The van der Waals surface area contributed by atoms with Gasteiger partial charge >= 0.3 is 0 Å².